The SMILES string of the molecule is O=C(O)[C@@H]1[C@H](C(=O)NCc2ccccc2)[C@H]2C=C[C@H]1O2. The molecule has 0 radical (unpaired) electrons. The lowest BCUT2D eigenvalue weighted by Gasteiger charge is -2.20. The summed E-state index contributed by atoms with van der Waals surface area (Å²) in [5, 5.41) is 12.0. The molecule has 20 heavy (non-hydrogen) atoms. The van der Waals surface area contributed by atoms with E-state index in [1.807, 2.05) is 30.3 Å². The quantitative estimate of drug-likeness (QED) is 0.801. The molecule has 1 saturated heterocycles. The second-order valence-electron chi connectivity index (χ2n) is 5.04. The molecule has 0 aliphatic carbocycles. The minimum Gasteiger partial charge on any atom is -0.481 e. The maximum absolute atomic E-state index is 12.2. The third kappa shape index (κ3) is 2.20. The van der Waals surface area contributed by atoms with Gasteiger partial charge in [0, 0.05) is 6.54 Å². The highest BCUT2D eigenvalue weighted by atomic mass is 16.5. The maximum Gasteiger partial charge on any atom is 0.310 e. The van der Waals surface area contributed by atoms with Crippen LogP contribution in [0.3, 0.4) is 0 Å². The summed E-state index contributed by atoms with van der Waals surface area (Å²) in [6.45, 7) is 0.392. The lowest BCUT2D eigenvalue weighted by Crippen LogP contribution is -2.42. The second-order valence-corrected chi connectivity index (χ2v) is 5.04. The first-order valence-electron chi connectivity index (χ1n) is 6.55. The van der Waals surface area contributed by atoms with Gasteiger partial charge in [-0.05, 0) is 5.56 Å². The zero-order valence-corrected chi connectivity index (χ0v) is 10.7. The van der Waals surface area contributed by atoms with Crippen LogP contribution in [0.1, 0.15) is 5.56 Å². The van der Waals surface area contributed by atoms with Crippen LogP contribution in [-0.4, -0.2) is 29.2 Å². The van der Waals surface area contributed by atoms with E-state index in [0.717, 1.165) is 5.56 Å². The number of carbonyl (C=O) groups is 2. The van der Waals surface area contributed by atoms with Crippen molar-refractivity contribution in [3.05, 3.63) is 48.0 Å². The van der Waals surface area contributed by atoms with E-state index in [0.29, 0.717) is 6.54 Å². The summed E-state index contributed by atoms with van der Waals surface area (Å²) in [5.41, 5.74) is 0.979. The van der Waals surface area contributed by atoms with Crippen molar-refractivity contribution in [2.75, 3.05) is 0 Å². The van der Waals surface area contributed by atoms with Crippen LogP contribution >= 0.6 is 0 Å². The van der Waals surface area contributed by atoms with Gasteiger partial charge in [0.05, 0.1) is 18.1 Å². The molecule has 104 valence electrons. The summed E-state index contributed by atoms with van der Waals surface area (Å²) in [6, 6.07) is 9.51. The predicted molar refractivity (Wildman–Crippen MR) is 70.7 cm³/mol. The minimum absolute atomic E-state index is 0.266. The molecular formula is C15H15NO4. The molecule has 0 aromatic heterocycles. The van der Waals surface area contributed by atoms with Gasteiger partial charge in [-0.1, -0.05) is 42.5 Å². The van der Waals surface area contributed by atoms with Crippen molar-refractivity contribution in [2.45, 2.75) is 18.8 Å². The number of fused-ring (bicyclic) bond motifs is 2. The Morgan fingerprint density at radius 3 is 2.40 bits per heavy atom. The van der Waals surface area contributed by atoms with E-state index < -0.39 is 30.0 Å². The number of ether oxygens (including phenoxy) is 1. The number of amides is 1. The highest BCUT2D eigenvalue weighted by molar-refractivity contribution is 5.87. The fourth-order valence-corrected chi connectivity index (χ4v) is 2.82. The van der Waals surface area contributed by atoms with E-state index in [4.69, 9.17) is 4.74 Å². The van der Waals surface area contributed by atoms with Gasteiger partial charge in [-0.15, -0.1) is 0 Å². The van der Waals surface area contributed by atoms with Crippen LogP contribution in [0.4, 0.5) is 0 Å². The van der Waals surface area contributed by atoms with Gasteiger partial charge in [-0.3, -0.25) is 9.59 Å². The van der Waals surface area contributed by atoms with Crippen LogP contribution in [0.25, 0.3) is 0 Å². The molecule has 0 saturated carbocycles. The molecule has 5 heteroatoms. The van der Waals surface area contributed by atoms with Gasteiger partial charge in [0.15, 0.2) is 0 Å². The Hall–Kier alpha value is -2.14. The minimum atomic E-state index is -0.985. The van der Waals surface area contributed by atoms with Gasteiger partial charge in [0.25, 0.3) is 0 Å². The first-order chi connectivity index (χ1) is 9.66. The zero-order valence-electron chi connectivity index (χ0n) is 10.7. The van der Waals surface area contributed by atoms with E-state index in [9.17, 15) is 14.7 Å². The molecule has 2 heterocycles. The van der Waals surface area contributed by atoms with Gasteiger partial charge in [0.1, 0.15) is 5.92 Å². The number of hydrogen-bond donors (Lipinski definition) is 2. The van der Waals surface area contributed by atoms with E-state index in [-0.39, 0.29) is 5.91 Å². The maximum atomic E-state index is 12.2. The van der Waals surface area contributed by atoms with Crippen LogP contribution in [0.2, 0.25) is 0 Å². The summed E-state index contributed by atoms with van der Waals surface area (Å²) < 4.78 is 5.48. The summed E-state index contributed by atoms with van der Waals surface area (Å²) >= 11 is 0. The molecule has 4 atom stereocenters. The first-order valence-corrected chi connectivity index (χ1v) is 6.55. The highest BCUT2D eigenvalue weighted by Gasteiger charge is 2.53. The van der Waals surface area contributed by atoms with Crippen LogP contribution in [0.5, 0.6) is 0 Å². The molecule has 3 rings (SSSR count). The topological polar surface area (TPSA) is 75.6 Å². The Bertz CT molecular complexity index is 554. The molecule has 5 nitrogen and oxygen atoms in total. The second kappa shape index (κ2) is 5.09. The summed E-state index contributed by atoms with van der Waals surface area (Å²) in [6.07, 6.45) is 2.60. The monoisotopic (exact) mass is 273 g/mol. The number of carboxylic acid groups (broad SMARTS) is 1. The van der Waals surface area contributed by atoms with Crippen LogP contribution in [0.15, 0.2) is 42.5 Å². The van der Waals surface area contributed by atoms with E-state index in [1.54, 1.807) is 12.2 Å². The van der Waals surface area contributed by atoms with Gasteiger partial charge in [-0.25, -0.2) is 0 Å². The van der Waals surface area contributed by atoms with Gasteiger partial charge in [0.2, 0.25) is 5.91 Å². The largest absolute Gasteiger partial charge is 0.481 e. The van der Waals surface area contributed by atoms with Gasteiger partial charge >= 0.3 is 5.97 Å². The number of hydrogen-bond acceptors (Lipinski definition) is 3. The van der Waals surface area contributed by atoms with E-state index in [2.05, 4.69) is 5.32 Å². The summed E-state index contributed by atoms with van der Waals surface area (Å²) in [5.74, 6) is -2.69. The number of carbonyl (C=O) groups excluding carboxylic acids is 1. The Balaban J connectivity index is 1.68. The third-order valence-electron chi connectivity index (χ3n) is 3.80. The third-order valence-corrected chi connectivity index (χ3v) is 3.80. The number of aliphatic carboxylic acids is 1. The summed E-state index contributed by atoms with van der Waals surface area (Å²) in [4.78, 5) is 23.5. The zero-order chi connectivity index (χ0) is 14.1. The molecular weight excluding hydrogens is 258 g/mol. The molecule has 2 N–H and O–H groups in total. The normalized spacial score (nSPS) is 30.4. The Labute approximate surface area is 116 Å². The number of rotatable bonds is 4. The fraction of sp³-hybridized carbons (Fsp3) is 0.333. The van der Waals surface area contributed by atoms with Crippen molar-refractivity contribution in [1.82, 2.24) is 5.32 Å². The smallest absolute Gasteiger partial charge is 0.310 e. The molecule has 1 fully saturated rings. The molecule has 2 aliphatic rings. The van der Waals surface area contributed by atoms with Crippen molar-refractivity contribution in [1.29, 1.82) is 0 Å². The van der Waals surface area contributed by atoms with Gasteiger partial charge < -0.3 is 15.2 Å². The number of nitrogens with one attached hydrogen (secondary N) is 1. The summed E-state index contributed by atoms with van der Waals surface area (Å²) in [7, 11) is 0. The van der Waals surface area contributed by atoms with Crippen LogP contribution in [-0.2, 0) is 20.9 Å². The van der Waals surface area contributed by atoms with Crippen molar-refractivity contribution in [3.63, 3.8) is 0 Å². The van der Waals surface area contributed by atoms with Crippen molar-refractivity contribution < 1.29 is 19.4 Å². The number of carboxylic acids is 1. The molecule has 1 aromatic carbocycles. The van der Waals surface area contributed by atoms with E-state index >= 15 is 0 Å². The average Bonchev–Trinajstić information content (AvgIpc) is 3.06. The van der Waals surface area contributed by atoms with Crippen molar-refractivity contribution in [2.24, 2.45) is 11.8 Å². The number of benzene rings is 1. The van der Waals surface area contributed by atoms with Crippen molar-refractivity contribution >= 4 is 11.9 Å². The molecule has 1 aromatic rings. The molecule has 0 unspecified atom stereocenters. The lowest BCUT2D eigenvalue weighted by atomic mass is 9.82. The van der Waals surface area contributed by atoms with Crippen LogP contribution in [0, 0.1) is 11.8 Å². The van der Waals surface area contributed by atoms with Crippen molar-refractivity contribution in [3.8, 4) is 0 Å². The first kappa shape index (κ1) is 12.9. The molecule has 2 bridgehead atoms. The Morgan fingerprint density at radius 1 is 1.10 bits per heavy atom. The standard InChI is InChI=1S/C15H15NO4/c17-14(16-8-9-4-2-1-3-5-9)12-10-6-7-11(20-10)13(12)15(18)19/h1-7,10-13H,8H2,(H,16,17)(H,18,19)/t10-,11-,12-,13+/m1/s1. The van der Waals surface area contributed by atoms with Gasteiger partial charge in [-0.2, -0.15) is 0 Å². The fourth-order valence-electron chi connectivity index (χ4n) is 2.82. The molecule has 2 aliphatic heterocycles. The lowest BCUT2D eigenvalue weighted by molar-refractivity contribution is -0.146. The van der Waals surface area contributed by atoms with E-state index in [1.165, 1.54) is 0 Å². The molecule has 0 spiro atoms. The molecule has 1 amide bonds. The predicted octanol–water partition coefficient (Wildman–Crippen LogP) is 0.957. The average molecular weight is 273 g/mol. The Kier molecular flexibility index (Phi) is 3.28. The highest BCUT2D eigenvalue weighted by Crippen LogP contribution is 2.39. The Morgan fingerprint density at radius 2 is 1.75 bits per heavy atom. The van der Waals surface area contributed by atoms with Crippen LogP contribution < -0.4 is 5.32 Å².